The molecule has 3 N–H and O–H groups in total. The fourth-order valence-electron chi connectivity index (χ4n) is 2.12. The molecule has 1 aromatic rings. The lowest BCUT2D eigenvalue weighted by atomic mass is 10.0. The van der Waals surface area contributed by atoms with E-state index in [1.807, 2.05) is 0 Å². The molecule has 6 heteroatoms. The molecule has 0 aromatic carbocycles. The summed E-state index contributed by atoms with van der Waals surface area (Å²) in [5, 5.41) is 2.97. The van der Waals surface area contributed by atoms with Crippen LogP contribution in [-0.2, 0) is 0 Å². The Morgan fingerprint density at radius 3 is 2.83 bits per heavy atom. The van der Waals surface area contributed by atoms with Crippen LogP contribution in [0.1, 0.15) is 23.4 Å². The third-order valence-electron chi connectivity index (χ3n) is 3.05. The molecule has 0 saturated carbocycles. The molecule has 0 spiro atoms. The number of nitrogens with two attached hydrogens (primary N) is 1. The minimum absolute atomic E-state index is 0.146. The summed E-state index contributed by atoms with van der Waals surface area (Å²) in [6.45, 7) is 2.47. The number of nitrogens with zero attached hydrogens (tertiary/aromatic N) is 1. The lowest BCUT2D eigenvalue weighted by Gasteiger charge is -2.31. The first kappa shape index (κ1) is 13.0. The maximum absolute atomic E-state index is 11.8. The molecule has 18 heavy (non-hydrogen) atoms. The minimum Gasteiger partial charge on any atom is -0.459 e. The third-order valence-corrected chi connectivity index (χ3v) is 3.18. The first-order chi connectivity index (χ1) is 8.65. The Morgan fingerprint density at radius 1 is 1.56 bits per heavy atom. The Balaban J connectivity index is 1.77. The zero-order chi connectivity index (χ0) is 13.0. The van der Waals surface area contributed by atoms with Crippen molar-refractivity contribution < 1.29 is 9.21 Å². The fraction of sp³-hybridized carbons (Fsp3) is 0.500. The molecular formula is C12H17N3O2S. The van der Waals surface area contributed by atoms with E-state index in [2.05, 4.69) is 10.2 Å². The van der Waals surface area contributed by atoms with E-state index in [0.717, 1.165) is 25.9 Å². The SMILES string of the molecule is NC(=S)CN1CCC(NC(=O)c2ccco2)CC1. The van der Waals surface area contributed by atoms with Gasteiger partial charge in [0.1, 0.15) is 0 Å². The molecule has 1 fully saturated rings. The second kappa shape index (κ2) is 5.97. The summed E-state index contributed by atoms with van der Waals surface area (Å²) in [5.41, 5.74) is 5.51. The Hall–Kier alpha value is -1.40. The van der Waals surface area contributed by atoms with E-state index >= 15 is 0 Å². The first-order valence-corrected chi connectivity index (χ1v) is 6.41. The molecule has 1 saturated heterocycles. The van der Waals surface area contributed by atoms with Gasteiger partial charge in [-0.1, -0.05) is 12.2 Å². The van der Waals surface area contributed by atoms with Gasteiger partial charge in [-0.25, -0.2) is 0 Å². The van der Waals surface area contributed by atoms with E-state index in [0.29, 0.717) is 17.3 Å². The van der Waals surface area contributed by atoms with Crippen LogP contribution in [0.5, 0.6) is 0 Å². The highest BCUT2D eigenvalue weighted by Gasteiger charge is 2.21. The van der Waals surface area contributed by atoms with Crippen LogP contribution in [0, 0.1) is 0 Å². The van der Waals surface area contributed by atoms with E-state index in [1.165, 1.54) is 6.26 Å². The zero-order valence-corrected chi connectivity index (χ0v) is 10.9. The predicted octanol–water partition coefficient (Wildman–Crippen LogP) is 0.760. The van der Waals surface area contributed by atoms with E-state index in [1.54, 1.807) is 12.1 Å². The number of furan rings is 1. The van der Waals surface area contributed by atoms with Gasteiger partial charge >= 0.3 is 0 Å². The van der Waals surface area contributed by atoms with Crippen molar-refractivity contribution in [1.29, 1.82) is 0 Å². The van der Waals surface area contributed by atoms with Crippen LogP contribution in [0.3, 0.4) is 0 Å². The lowest BCUT2D eigenvalue weighted by Crippen LogP contribution is -2.46. The molecule has 1 aliphatic heterocycles. The summed E-state index contributed by atoms with van der Waals surface area (Å²) in [6.07, 6.45) is 3.32. The van der Waals surface area contributed by atoms with Crippen molar-refractivity contribution >= 4 is 23.1 Å². The van der Waals surface area contributed by atoms with Gasteiger partial charge in [0.15, 0.2) is 5.76 Å². The summed E-state index contributed by atoms with van der Waals surface area (Å²) in [5.74, 6) is 0.216. The lowest BCUT2D eigenvalue weighted by molar-refractivity contribution is 0.0887. The number of hydrogen-bond donors (Lipinski definition) is 2. The minimum atomic E-state index is -0.146. The normalized spacial score (nSPS) is 17.6. The number of rotatable bonds is 4. The van der Waals surface area contributed by atoms with Crippen molar-refractivity contribution in [2.75, 3.05) is 19.6 Å². The highest BCUT2D eigenvalue weighted by atomic mass is 32.1. The second-order valence-electron chi connectivity index (χ2n) is 4.47. The summed E-state index contributed by atoms with van der Waals surface area (Å²) in [7, 11) is 0. The molecule has 0 radical (unpaired) electrons. The molecule has 2 heterocycles. The average molecular weight is 267 g/mol. The molecule has 0 unspecified atom stereocenters. The second-order valence-corrected chi connectivity index (χ2v) is 4.99. The zero-order valence-electron chi connectivity index (χ0n) is 10.1. The molecule has 1 aromatic heterocycles. The average Bonchev–Trinajstić information content (AvgIpc) is 2.84. The van der Waals surface area contributed by atoms with Gasteiger partial charge in [-0.15, -0.1) is 0 Å². The van der Waals surface area contributed by atoms with E-state index in [-0.39, 0.29) is 11.9 Å². The molecule has 1 amide bonds. The largest absolute Gasteiger partial charge is 0.459 e. The van der Waals surface area contributed by atoms with Gasteiger partial charge in [-0.3, -0.25) is 9.69 Å². The number of amides is 1. The third kappa shape index (κ3) is 3.54. The number of carbonyl (C=O) groups is 1. The van der Waals surface area contributed by atoms with Gasteiger partial charge < -0.3 is 15.5 Å². The molecule has 98 valence electrons. The van der Waals surface area contributed by atoms with Crippen molar-refractivity contribution in [1.82, 2.24) is 10.2 Å². The maximum atomic E-state index is 11.8. The van der Waals surface area contributed by atoms with Crippen LogP contribution in [0.25, 0.3) is 0 Å². The van der Waals surface area contributed by atoms with Crippen LogP contribution in [0.4, 0.5) is 0 Å². The van der Waals surface area contributed by atoms with Crippen molar-refractivity contribution in [3.05, 3.63) is 24.2 Å². The van der Waals surface area contributed by atoms with E-state index in [9.17, 15) is 4.79 Å². The molecule has 0 atom stereocenters. The molecule has 2 rings (SSSR count). The van der Waals surface area contributed by atoms with Gasteiger partial charge in [0.05, 0.1) is 11.3 Å². The van der Waals surface area contributed by atoms with Crippen molar-refractivity contribution in [3.63, 3.8) is 0 Å². The molecular weight excluding hydrogens is 250 g/mol. The fourth-order valence-corrected chi connectivity index (χ4v) is 2.30. The number of thiocarbonyl (C=S) groups is 1. The van der Waals surface area contributed by atoms with Crippen LogP contribution in [-0.4, -0.2) is 41.5 Å². The van der Waals surface area contributed by atoms with Gasteiger partial charge in [0.25, 0.3) is 5.91 Å². The first-order valence-electron chi connectivity index (χ1n) is 6.00. The monoisotopic (exact) mass is 267 g/mol. The smallest absolute Gasteiger partial charge is 0.287 e. The quantitative estimate of drug-likeness (QED) is 0.788. The Bertz CT molecular complexity index is 411. The topological polar surface area (TPSA) is 71.5 Å². The highest BCUT2D eigenvalue weighted by Crippen LogP contribution is 2.11. The highest BCUT2D eigenvalue weighted by molar-refractivity contribution is 7.80. The van der Waals surface area contributed by atoms with Gasteiger partial charge in [-0.2, -0.15) is 0 Å². The van der Waals surface area contributed by atoms with Crippen molar-refractivity contribution in [2.24, 2.45) is 5.73 Å². The molecule has 5 nitrogen and oxygen atoms in total. The number of hydrogen-bond acceptors (Lipinski definition) is 4. The van der Waals surface area contributed by atoms with Crippen LogP contribution in [0.2, 0.25) is 0 Å². The summed E-state index contributed by atoms with van der Waals surface area (Å²) >= 11 is 4.88. The van der Waals surface area contributed by atoms with Crippen LogP contribution >= 0.6 is 12.2 Å². The van der Waals surface area contributed by atoms with E-state index < -0.39 is 0 Å². The molecule has 1 aliphatic rings. The van der Waals surface area contributed by atoms with Gasteiger partial charge in [0.2, 0.25) is 0 Å². The van der Waals surface area contributed by atoms with Crippen LogP contribution in [0.15, 0.2) is 22.8 Å². The standard InChI is InChI=1S/C12H17N3O2S/c13-11(18)8-15-5-3-9(4-6-15)14-12(16)10-2-1-7-17-10/h1-2,7,9H,3-6,8H2,(H2,13,18)(H,14,16). The Labute approximate surface area is 111 Å². The van der Waals surface area contributed by atoms with Crippen molar-refractivity contribution in [3.8, 4) is 0 Å². The Morgan fingerprint density at radius 2 is 2.28 bits per heavy atom. The van der Waals surface area contributed by atoms with Gasteiger partial charge in [-0.05, 0) is 25.0 Å². The maximum Gasteiger partial charge on any atom is 0.287 e. The summed E-state index contributed by atoms with van der Waals surface area (Å²) in [4.78, 5) is 14.5. The number of carbonyl (C=O) groups excluding carboxylic acids is 1. The molecule has 0 bridgehead atoms. The number of likely N-dealkylation sites (tertiary alicyclic amines) is 1. The number of piperidine rings is 1. The Kier molecular flexibility index (Phi) is 4.33. The van der Waals surface area contributed by atoms with Gasteiger partial charge in [0, 0.05) is 25.7 Å². The van der Waals surface area contributed by atoms with Crippen LogP contribution < -0.4 is 11.1 Å². The van der Waals surface area contributed by atoms with E-state index in [4.69, 9.17) is 22.4 Å². The van der Waals surface area contributed by atoms with Crippen molar-refractivity contribution in [2.45, 2.75) is 18.9 Å². The molecule has 0 aliphatic carbocycles. The predicted molar refractivity (Wildman–Crippen MR) is 72.4 cm³/mol. The summed E-state index contributed by atoms with van der Waals surface area (Å²) < 4.78 is 5.05. The summed E-state index contributed by atoms with van der Waals surface area (Å²) in [6, 6.07) is 3.57. The number of nitrogens with one attached hydrogen (secondary N) is 1.